The lowest BCUT2D eigenvalue weighted by Crippen LogP contribution is -2.27. The lowest BCUT2D eigenvalue weighted by molar-refractivity contribution is 0.102. The zero-order chi connectivity index (χ0) is 21.3. The first-order chi connectivity index (χ1) is 14.4. The Labute approximate surface area is 178 Å². The van der Waals surface area contributed by atoms with Gasteiger partial charge in [0.05, 0.1) is 6.20 Å². The van der Waals surface area contributed by atoms with E-state index in [0.29, 0.717) is 16.3 Å². The quantitative estimate of drug-likeness (QED) is 0.650. The number of amides is 1. The molecule has 7 nitrogen and oxygen atoms in total. The maximum Gasteiger partial charge on any atom is 0.277 e. The monoisotopic (exact) mass is 428 g/mol. The van der Waals surface area contributed by atoms with Gasteiger partial charge in [0.15, 0.2) is 11.5 Å². The van der Waals surface area contributed by atoms with E-state index in [1.807, 2.05) is 14.0 Å². The highest BCUT2D eigenvalue weighted by Gasteiger charge is 2.23. The maximum atomic E-state index is 14.2. The molecule has 0 radical (unpaired) electrons. The van der Waals surface area contributed by atoms with Crippen molar-refractivity contribution in [2.75, 3.05) is 29.0 Å². The molecule has 1 aliphatic heterocycles. The van der Waals surface area contributed by atoms with Crippen LogP contribution in [0.4, 0.5) is 20.9 Å². The third-order valence-corrected chi connectivity index (χ3v) is 6.20. The van der Waals surface area contributed by atoms with Crippen LogP contribution in [0.2, 0.25) is 0 Å². The molecule has 9 heteroatoms. The minimum Gasteiger partial charge on any atom is -0.389 e. The number of carbonyl (C=O) groups is 1. The van der Waals surface area contributed by atoms with Gasteiger partial charge in [-0.1, -0.05) is 35.8 Å². The summed E-state index contributed by atoms with van der Waals surface area (Å²) in [6.07, 6.45) is 6.29. The van der Waals surface area contributed by atoms with Crippen molar-refractivity contribution in [2.24, 2.45) is 7.05 Å². The first-order valence-corrected chi connectivity index (χ1v) is 10.9. The number of hydrogen-bond acceptors (Lipinski definition) is 6. The summed E-state index contributed by atoms with van der Waals surface area (Å²) in [5.74, 6) is 0.0631. The van der Waals surface area contributed by atoms with Gasteiger partial charge in [-0.3, -0.25) is 9.48 Å². The molecule has 0 bridgehead atoms. The molecule has 3 N–H and O–H groups in total. The van der Waals surface area contributed by atoms with Crippen LogP contribution in [0.25, 0.3) is 10.6 Å². The molecule has 0 spiro atoms. The predicted octanol–water partition coefficient (Wildman–Crippen LogP) is 4.21. The maximum absolute atomic E-state index is 14.2. The minimum absolute atomic E-state index is 0.0987. The van der Waals surface area contributed by atoms with E-state index in [0.717, 1.165) is 48.6 Å². The number of nitrogen functional groups attached to an aromatic ring is 1. The smallest absolute Gasteiger partial charge is 0.277 e. The summed E-state index contributed by atoms with van der Waals surface area (Å²) >= 11 is 1.10. The van der Waals surface area contributed by atoms with Gasteiger partial charge in [-0.15, -0.1) is 0 Å². The number of hydrogen-bond donors (Lipinski definition) is 2. The Morgan fingerprint density at radius 1 is 1.23 bits per heavy atom. The van der Waals surface area contributed by atoms with Gasteiger partial charge in [0, 0.05) is 25.7 Å². The number of nitrogens with zero attached hydrogens (tertiary/aromatic N) is 4. The summed E-state index contributed by atoms with van der Waals surface area (Å²) in [5, 5.41) is 7.87. The van der Waals surface area contributed by atoms with Crippen LogP contribution in [0, 0.1) is 12.7 Å². The average molecular weight is 429 g/mol. The Kier molecular flexibility index (Phi) is 5.72. The Bertz CT molecular complexity index is 1070. The highest BCUT2D eigenvalue weighted by Crippen LogP contribution is 2.33. The van der Waals surface area contributed by atoms with Crippen LogP contribution in [0.15, 0.2) is 24.4 Å². The number of halogens is 1. The average Bonchev–Trinajstić information content (AvgIpc) is 3.15. The summed E-state index contributed by atoms with van der Waals surface area (Å²) < 4.78 is 16.0. The second-order valence-electron chi connectivity index (χ2n) is 7.58. The zero-order valence-corrected chi connectivity index (χ0v) is 17.9. The van der Waals surface area contributed by atoms with Gasteiger partial charge in [-0.25, -0.2) is 9.37 Å². The Morgan fingerprint density at radius 3 is 2.70 bits per heavy atom. The van der Waals surface area contributed by atoms with E-state index in [1.165, 1.54) is 18.9 Å². The van der Waals surface area contributed by atoms with Crippen LogP contribution in [0.1, 0.15) is 41.7 Å². The number of nitrogens with one attached hydrogen (secondary N) is 1. The van der Waals surface area contributed by atoms with Gasteiger partial charge < -0.3 is 16.0 Å². The molecule has 1 aromatic carbocycles. The van der Waals surface area contributed by atoms with Crippen molar-refractivity contribution in [3.8, 4) is 10.6 Å². The van der Waals surface area contributed by atoms with Crippen molar-refractivity contribution in [1.82, 2.24) is 14.8 Å². The molecule has 1 amide bonds. The largest absolute Gasteiger partial charge is 0.389 e. The summed E-state index contributed by atoms with van der Waals surface area (Å²) in [7, 11) is 1.87. The highest BCUT2D eigenvalue weighted by atomic mass is 32.1. The van der Waals surface area contributed by atoms with E-state index >= 15 is 0 Å². The van der Waals surface area contributed by atoms with Gasteiger partial charge in [0.1, 0.15) is 21.5 Å². The number of aryl methyl sites for hydroxylation is 2. The summed E-state index contributed by atoms with van der Waals surface area (Å²) in [6, 6.07) is 4.79. The second-order valence-corrected chi connectivity index (χ2v) is 8.61. The van der Waals surface area contributed by atoms with Crippen molar-refractivity contribution >= 4 is 33.8 Å². The van der Waals surface area contributed by atoms with E-state index in [2.05, 4.69) is 20.3 Å². The molecule has 30 heavy (non-hydrogen) atoms. The molecule has 0 saturated carbocycles. The predicted molar refractivity (Wildman–Crippen MR) is 118 cm³/mol. The Balaban J connectivity index is 1.60. The van der Waals surface area contributed by atoms with Crippen LogP contribution < -0.4 is 16.0 Å². The molecule has 1 aliphatic rings. The lowest BCUT2D eigenvalue weighted by atomic mass is 10.1. The van der Waals surface area contributed by atoms with E-state index in [4.69, 9.17) is 5.73 Å². The van der Waals surface area contributed by atoms with Crippen molar-refractivity contribution < 1.29 is 9.18 Å². The van der Waals surface area contributed by atoms with Crippen molar-refractivity contribution in [3.05, 3.63) is 41.5 Å². The van der Waals surface area contributed by atoms with Crippen molar-refractivity contribution in [3.63, 3.8) is 0 Å². The Hall–Kier alpha value is -2.94. The van der Waals surface area contributed by atoms with Gasteiger partial charge in [0.25, 0.3) is 5.91 Å². The van der Waals surface area contributed by atoms with Gasteiger partial charge in [0.2, 0.25) is 0 Å². The molecule has 158 valence electrons. The number of benzene rings is 1. The first kappa shape index (κ1) is 20.3. The van der Waals surface area contributed by atoms with Crippen LogP contribution in [-0.2, 0) is 7.05 Å². The molecular weight excluding hydrogens is 403 g/mol. The van der Waals surface area contributed by atoms with Crippen molar-refractivity contribution in [2.45, 2.75) is 32.6 Å². The summed E-state index contributed by atoms with van der Waals surface area (Å²) in [6.45, 7) is 3.73. The molecule has 2 aromatic heterocycles. The summed E-state index contributed by atoms with van der Waals surface area (Å²) in [4.78, 5) is 19.5. The summed E-state index contributed by atoms with van der Waals surface area (Å²) in [5.41, 5.74) is 8.04. The molecule has 3 aromatic rings. The van der Waals surface area contributed by atoms with Crippen LogP contribution in [0.5, 0.6) is 0 Å². The highest BCUT2D eigenvalue weighted by molar-refractivity contribution is 7.19. The fourth-order valence-electron chi connectivity index (χ4n) is 3.77. The fraction of sp³-hybridized carbons (Fsp3) is 0.381. The Morgan fingerprint density at radius 2 is 1.97 bits per heavy atom. The van der Waals surface area contributed by atoms with E-state index in [-0.39, 0.29) is 10.7 Å². The first-order valence-electron chi connectivity index (χ1n) is 10.0. The van der Waals surface area contributed by atoms with Crippen molar-refractivity contribution in [1.29, 1.82) is 0 Å². The van der Waals surface area contributed by atoms with E-state index in [1.54, 1.807) is 23.0 Å². The van der Waals surface area contributed by atoms with Crippen LogP contribution >= 0.6 is 11.3 Å². The molecule has 1 saturated heterocycles. The van der Waals surface area contributed by atoms with Gasteiger partial charge in [-0.05, 0) is 31.9 Å². The van der Waals surface area contributed by atoms with E-state index in [9.17, 15) is 9.18 Å². The standard InChI is InChI=1S/C21H25FN6OS/c1-13-7-8-15(22)14(11-13)20-26-17(18(23)30-20)19(29)25-16-12-24-27(2)21(16)28-9-5-3-4-6-10-28/h7-8,11-12H,3-6,9-10,23H2,1-2H3,(H,25,29). The van der Waals surface area contributed by atoms with Crippen LogP contribution in [-0.4, -0.2) is 33.8 Å². The van der Waals surface area contributed by atoms with Gasteiger partial charge >= 0.3 is 0 Å². The molecule has 0 atom stereocenters. The fourth-order valence-corrected chi connectivity index (χ4v) is 4.62. The number of nitrogens with two attached hydrogens (primary N) is 1. The number of anilines is 3. The molecule has 1 fully saturated rings. The number of carbonyl (C=O) groups excluding carboxylic acids is 1. The van der Waals surface area contributed by atoms with E-state index < -0.39 is 11.7 Å². The molecule has 3 heterocycles. The zero-order valence-electron chi connectivity index (χ0n) is 17.1. The second kappa shape index (κ2) is 8.43. The molecule has 0 aliphatic carbocycles. The minimum atomic E-state index is -0.424. The SMILES string of the molecule is Cc1ccc(F)c(-c2nc(C(=O)Nc3cnn(C)c3N3CCCCCC3)c(N)s2)c1. The third-order valence-electron chi connectivity index (χ3n) is 5.28. The topological polar surface area (TPSA) is 89.1 Å². The lowest BCUT2D eigenvalue weighted by Gasteiger charge is -2.23. The van der Waals surface area contributed by atoms with Gasteiger partial charge in [-0.2, -0.15) is 5.10 Å². The molecule has 4 rings (SSSR count). The normalized spacial score (nSPS) is 14.6. The number of rotatable bonds is 4. The molecule has 0 unspecified atom stereocenters. The number of thiazole rings is 1. The third kappa shape index (κ3) is 4.02. The van der Waals surface area contributed by atoms with Crippen LogP contribution in [0.3, 0.4) is 0 Å². The molecular formula is C21H25FN6OS. The number of aromatic nitrogens is 3.